The SMILES string of the molecule is Cc1cc(F)c(NC(=O)N(CC(=O)O)C2CC2)cc1F. The van der Waals surface area contributed by atoms with Gasteiger partial charge in [-0.2, -0.15) is 0 Å². The molecule has 0 aromatic heterocycles. The van der Waals surface area contributed by atoms with Crippen molar-refractivity contribution < 1.29 is 23.5 Å². The Morgan fingerprint density at radius 1 is 1.35 bits per heavy atom. The number of urea groups is 1. The topological polar surface area (TPSA) is 69.6 Å². The van der Waals surface area contributed by atoms with Crippen molar-refractivity contribution in [3.05, 3.63) is 29.3 Å². The van der Waals surface area contributed by atoms with Crippen molar-refractivity contribution in [2.24, 2.45) is 0 Å². The second-order valence-electron chi connectivity index (χ2n) is 4.76. The highest BCUT2D eigenvalue weighted by molar-refractivity contribution is 5.92. The van der Waals surface area contributed by atoms with Crippen molar-refractivity contribution in [1.82, 2.24) is 4.90 Å². The second-order valence-corrected chi connectivity index (χ2v) is 4.76. The van der Waals surface area contributed by atoms with Gasteiger partial charge in [-0.1, -0.05) is 0 Å². The monoisotopic (exact) mass is 284 g/mol. The Balaban J connectivity index is 2.13. The number of carbonyl (C=O) groups excluding carboxylic acids is 1. The van der Waals surface area contributed by atoms with E-state index in [1.54, 1.807) is 0 Å². The molecule has 1 aromatic rings. The van der Waals surface area contributed by atoms with Crippen LogP contribution in [0.25, 0.3) is 0 Å². The van der Waals surface area contributed by atoms with Crippen LogP contribution in [0.3, 0.4) is 0 Å². The number of carboxylic acids is 1. The standard InChI is InChI=1S/C13H14F2N2O3/c1-7-4-10(15)11(5-9(7)14)16-13(20)17(6-12(18)19)8-2-3-8/h4-5,8H,2-3,6H2,1H3,(H,16,20)(H,18,19). The van der Waals surface area contributed by atoms with Gasteiger partial charge in [0.25, 0.3) is 0 Å². The van der Waals surface area contributed by atoms with E-state index in [0.717, 1.165) is 17.0 Å². The van der Waals surface area contributed by atoms with E-state index in [1.165, 1.54) is 6.92 Å². The van der Waals surface area contributed by atoms with E-state index in [4.69, 9.17) is 5.11 Å². The highest BCUT2D eigenvalue weighted by atomic mass is 19.1. The van der Waals surface area contributed by atoms with Crippen molar-refractivity contribution in [1.29, 1.82) is 0 Å². The van der Waals surface area contributed by atoms with Crippen molar-refractivity contribution in [3.63, 3.8) is 0 Å². The molecule has 0 spiro atoms. The number of benzene rings is 1. The zero-order valence-corrected chi connectivity index (χ0v) is 10.8. The molecule has 0 heterocycles. The Hall–Kier alpha value is -2.18. The molecule has 108 valence electrons. The summed E-state index contributed by atoms with van der Waals surface area (Å²) in [5.41, 5.74) is -0.167. The van der Waals surface area contributed by atoms with Crippen LogP contribution < -0.4 is 5.32 Å². The number of amides is 2. The number of carbonyl (C=O) groups is 2. The number of hydrogen-bond donors (Lipinski definition) is 2. The van der Waals surface area contributed by atoms with E-state index in [1.807, 2.05) is 0 Å². The van der Waals surface area contributed by atoms with E-state index < -0.39 is 30.2 Å². The van der Waals surface area contributed by atoms with Gasteiger partial charge in [0.15, 0.2) is 0 Å². The molecule has 1 fully saturated rings. The van der Waals surface area contributed by atoms with E-state index >= 15 is 0 Å². The Labute approximate surface area is 114 Å². The summed E-state index contributed by atoms with van der Waals surface area (Å²) in [6.07, 6.45) is 1.43. The third-order valence-electron chi connectivity index (χ3n) is 3.04. The summed E-state index contributed by atoms with van der Waals surface area (Å²) in [4.78, 5) is 23.8. The largest absolute Gasteiger partial charge is 0.480 e. The smallest absolute Gasteiger partial charge is 0.323 e. The third-order valence-corrected chi connectivity index (χ3v) is 3.04. The lowest BCUT2D eigenvalue weighted by Crippen LogP contribution is -2.40. The lowest BCUT2D eigenvalue weighted by molar-refractivity contribution is -0.137. The van der Waals surface area contributed by atoms with Gasteiger partial charge in [-0.15, -0.1) is 0 Å². The van der Waals surface area contributed by atoms with Gasteiger partial charge in [-0.05, 0) is 31.4 Å². The molecule has 0 saturated heterocycles. The molecule has 2 rings (SSSR count). The number of anilines is 1. The van der Waals surface area contributed by atoms with Gasteiger partial charge in [-0.3, -0.25) is 4.79 Å². The third kappa shape index (κ3) is 3.23. The number of carboxylic acid groups (broad SMARTS) is 1. The molecule has 0 bridgehead atoms. The number of nitrogens with one attached hydrogen (secondary N) is 1. The van der Waals surface area contributed by atoms with Crippen LogP contribution in [0.5, 0.6) is 0 Å². The Kier molecular flexibility index (Phi) is 3.87. The van der Waals surface area contributed by atoms with Gasteiger partial charge >= 0.3 is 12.0 Å². The molecular weight excluding hydrogens is 270 g/mol. The minimum absolute atomic E-state index is 0.130. The van der Waals surface area contributed by atoms with Crippen LogP contribution in [0.2, 0.25) is 0 Å². The molecule has 0 aliphatic heterocycles. The van der Waals surface area contributed by atoms with E-state index in [9.17, 15) is 18.4 Å². The fourth-order valence-corrected chi connectivity index (χ4v) is 1.83. The summed E-state index contributed by atoms with van der Waals surface area (Å²) in [6.45, 7) is 0.942. The quantitative estimate of drug-likeness (QED) is 0.891. The van der Waals surface area contributed by atoms with E-state index in [0.29, 0.717) is 12.8 Å². The summed E-state index contributed by atoms with van der Waals surface area (Å²) < 4.78 is 27.0. The maximum absolute atomic E-state index is 13.6. The van der Waals surface area contributed by atoms with Crippen LogP contribution in [0, 0.1) is 18.6 Å². The number of halogens is 2. The molecule has 2 N–H and O–H groups in total. The minimum Gasteiger partial charge on any atom is -0.480 e. The predicted molar refractivity (Wildman–Crippen MR) is 67.5 cm³/mol. The first-order valence-corrected chi connectivity index (χ1v) is 6.13. The zero-order valence-electron chi connectivity index (χ0n) is 10.8. The average molecular weight is 284 g/mol. The minimum atomic E-state index is -1.15. The number of hydrogen-bond acceptors (Lipinski definition) is 2. The normalized spacial score (nSPS) is 13.9. The van der Waals surface area contributed by atoms with Gasteiger partial charge in [0.05, 0.1) is 5.69 Å². The average Bonchev–Trinajstić information content (AvgIpc) is 3.16. The molecule has 5 nitrogen and oxygen atoms in total. The number of rotatable bonds is 4. The first kappa shape index (κ1) is 14.2. The van der Waals surface area contributed by atoms with Gasteiger partial charge in [0.1, 0.15) is 18.2 Å². The molecular formula is C13H14F2N2O3. The lowest BCUT2D eigenvalue weighted by atomic mass is 10.2. The van der Waals surface area contributed by atoms with Crippen LogP contribution in [0.4, 0.5) is 19.3 Å². The fourth-order valence-electron chi connectivity index (χ4n) is 1.83. The number of aliphatic carboxylic acids is 1. The molecule has 0 unspecified atom stereocenters. The second kappa shape index (κ2) is 5.44. The molecule has 1 aromatic carbocycles. The van der Waals surface area contributed by atoms with Gasteiger partial charge in [0, 0.05) is 12.1 Å². The van der Waals surface area contributed by atoms with Crippen LogP contribution in [-0.2, 0) is 4.79 Å². The first-order chi connectivity index (χ1) is 9.38. The van der Waals surface area contributed by atoms with Crippen molar-refractivity contribution in [3.8, 4) is 0 Å². The highest BCUT2D eigenvalue weighted by Crippen LogP contribution is 2.28. The molecule has 7 heteroatoms. The molecule has 0 radical (unpaired) electrons. The van der Waals surface area contributed by atoms with E-state index in [-0.39, 0.29) is 17.3 Å². The van der Waals surface area contributed by atoms with Crippen molar-refractivity contribution in [2.45, 2.75) is 25.8 Å². The lowest BCUT2D eigenvalue weighted by Gasteiger charge is -2.21. The molecule has 2 amide bonds. The maximum Gasteiger partial charge on any atom is 0.323 e. The summed E-state index contributed by atoms with van der Waals surface area (Å²) in [5, 5.41) is 11.0. The van der Waals surface area contributed by atoms with Gasteiger partial charge in [-0.25, -0.2) is 13.6 Å². The Morgan fingerprint density at radius 2 is 2.00 bits per heavy atom. The Bertz CT molecular complexity index is 559. The maximum atomic E-state index is 13.6. The Morgan fingerprint density at radius 3 is 2.55 bits per heavy atom. The fraction of sp³-hybridized carbons (Fsp3) is 0.385. The first-order valence-electron chi connectivity index (χ1n) is 6.13. The van der Waals surface area contributed by atoms with Crippen LogP contribution >= 0.6 is 0 Å². The van der Waals surface area contributed by atoms with Gasteiger partial charge < -0.3 is 15.3 Å². The molecule has 0 atom stereocenters. The van der Waals surface area contributed by atoms with Crippen LogP contribution in [-0.4, -0.2) is 34.6 Å². The van der Waals surface area contributed by atoms with Crippen LogP contribution in [0.15, 0.2) is 12.1 Å². The highest BCUT2D eigenvalue weighted by Gasteiger charge is 2.34. The van der Waals surface area contributed by atoms with Crippen LogP contribution in [0.1, 0.15) is 18.4 Å². The number of nitrogens with zero attached hydrogens (tertiary/aromatic N) is 1. The van der Waals surface area contributed by atoms with Crippen molar-refractivity contribution in [2.75, 3.05) is 11.9 Å². The number of aryl methyl sites for hydroxylation is 1. The molecule has 20 heavy (non-hydrogen) atoms. The predicted octanol–water partition coefficient (Wildman–Crippen LogP) is 2.35. The van der Waals surface area contributed by atoms with E-state index in [2.05, 4.69) is 5.32 Å². The van der Waals surface area contributed by atoms with Gasteiger partial charge in [0.2, 0.25) is 0 Å². The van der Waals surface area contributed by atoms with Crippen molar-refractivity contribution >= 4 is 17.7 Å². The molecule has 1 aliphatic carbocycles. The summed E-state index contributed by atoms with van der Waals surface area (Å²) in [5.74, 6) is -2.55. The summed E-state index contributed by atoms with van der Waals surface area (Å²) in [7, 11) is 0. The summed E-state index contributed by atoms with van der Waals surface area (Å²) >= 11 is 0. The molecule has 1 saturated carbocycles. The summed E-state index contributed by atoms with van der Waals surface area (Å²) in [6, 6.07) is 0.972. The molecule has 1 aliphatic rings. The zero-order chi connectivity index (χ0) is 14.9.